The summed E-state index contributed by atoms with van der Waals surface area (Å²) in [7, 11) is 0. The lowest BCUT2D eigenvalue weighted by molar-refractivity contribution is 0.905. The zero-order chi connectivity index (χ0) is 5.11. The van der Waals surface area contributed by atoms with Crippen molar-refractivity contribution >= 4 is 12.6 Å². The molecule has 0 fully saturated rings. The van der Waals surface area contributed by atoms with Gasteiger partial charge in [-0.3, -0.25) is 0 Å². The Morgan fingerprint density at radius 1 is 1.43 bits per heavy atom. The smallest absolute Gasteiger partial charge is 0.148 e. The predicted molar refractivity (Wildman–Crippen MR) is 25.7 cm³/mol. The maximum absolute atomic E-state index is 4.60. The topological polar surface area (TPSA) is 38.7 Å². The molecular formula is C3H2N3S. The largest absolute Gasteiger partial charge is 0.222 e. The zero-order valence-corrected chi connectivity index (χ0v) is 4.22. The van der Waals surface area contributed by atoms with Gasteiger partial charge in [0.1, 0.15) is 11.4 Å². The van der Waals surface area contributed by atoms with Crippen LogP contribution in [0.4, 0.5) is 0 Å². The van der Waals surface area contributed by atoms with E-state index < -0.39 is 0 Å². The van der Waals surface area contributed by atoms with Crippen molar-refractivity contribution in [1.29, 1.82) is 0 Å². The molecule has 0 aliphatic rings. The number of hydrogen-bond acceptors (Lipinski definition) is 3. The first-order valence-electron chi connectivity index (χ1n) is 1.69. The molecule has 1 heterocycles. The summed E-state index contributed by atoms with van der Waals surface area (Å²) in [6, 6.07) is 0. The van der Waals surface area contributed by atoms with Gasteiger partial charge in [0.05, 0.1) is 6.20 Å². The summed E-state index contributed by atoms with van der Waals surface area (Å²) < 4.78 is 0. The molecule has 0 unspecified atom stereocenters. The van der Waals surface area contributed by atoms with E-state index in [2.05, 4.69) is 27.8 Å². The number of rotatable bonds is 0. The van der Waals surface area contributed by atoms with Gasteiger partial charge in [-0.1, -0.05) is 12.6 Å². The quantitative estimate of drug-likeness (QED) is 0.488. The molecule has 1 aromatic heterocycles. The molecule has 0 saturated heterocycles. The van der Waals surface area contributed by atoms with Crippen LogP contribution in [0.25, 0.3) is 0 Å². The molecule has 1 radical (unpaired) electrons. The summed E-state index contributed by atoms with van der Waals surface area (Å²) in [4.78, 5) is 3.62. The SMILES string of the molecule is [S]c1cnncn1. The molecule has 1 aromatic rings. The van der Waals surface area contributed by atoms with Gasteiger partial charge in [0.25, 0.3) is 0 Å². The molecule has 0 aromatic carbocycles. The molecule has 0 aliphatic heterocycles. The fourth-order valence-corrected chi connectivity index (χ4v) is 0.323. The lowest BCUT2D eigenvalue weighted by Crippen LogP contribution is -1.80. The van der Waals surface area contributed by atoms with E-state index >= 15 is 0 Å². The molecule has 0 atom stereocenters. The van der Waals surface area contributed by atoms with E-state index in [1.165, 1.54) is 12.5 Å². The van der Waals surface area contributed by atoms with E-state index in [0.717, 1.165) is 0 Å². The second-order valence-corrected chi connectivity index (χ2v) is 1.36. The monoisotopic (exact) mass is 112 g/mol. The summed E-state index contributed by atoms with van der Waals surface area (Å²) in [5.74, 6) is 0. The third-order valence-corrected chi connectivity index (χ3v) is 0.682. The molecule has 0 amide bonds. The summed E-state index contributed by atoms with van der Waals surface area (Å²) >= 11 is 4.60. The van der Waals surface area contributed by atoms with Crippen molar-refractivity contribution in [3.63, 3.8) is 0 Å². The van der Waals surface area contributed by atoms with Crippen LogP contribution >= 0.6 is 12.6 Å². The fourth-order valence-electron chi connectivity index (χ4n) is 0.229. The molecule has 0 spiro atoms. The Morgan fingerprint density at radius 3 is 2.57 bits per heavy atom. The average Bonchev–Trinajstić information content (AvgIpc) is 1.69. The third-order valence-electron chi connectivity index (χ3n) is 0.471. The van der Waals surface area contributed by atoms with Crippen molar-refractivity contribution < 1.29 is 0 Å². The van der Waals surface area contributed by atoms with Crippen LogP contribution in [0.1, 0.15) is 0 Å². The minimum Gasteiger partial charge on any atom is -0.222 e. The van der Waals surface area contributed by atoms with Crippen molar-refractivity contribution in [1.82, 2.24) is 15.2 Å². The Kier molecular flexibility index (Phi) is 1.12. The summed E-state index contributed by atoms with van der Waals surface area (Å²) in [5, 5.41) is 7.37. The van der Waals surface area contributed by atoms with Crippen LogP contribution in [0.15, 0.2) is 17.6 Å². The van der Waals surface area contributed by atoms with E-state index in [-0.39, 0.29) is 0 Å². The predicted octanol–water partition coefficient (Wildman–Crippen LogP) is 0.428. The minimum absolute atomic E-state index is 0.481. The molecule has 0 aliphatic carbocycles. The molecule has 7 heavy (non-hydrogen) atoms. The standard InChI is InChI=1S/C3H2N3S/c7-3-1-5-6-2-4-3/h1-2H. The Bertz CT molecular complexity index is 140. The third kappa shape index (κ3) is 1.04. The van der Waals surface area contributed by atoms with Gasteiger partial charge in [0.15, 0.2) is 0 Å². The molecular weight excluding hydrogens is 110 g/mol. The lowest BCUT2D eigenvalue weighted by Gasteiger charge is -1.77. The van der Waals surface area contributed by atoms with Crippen LogP contribution in [-0.4, -0.2) is 15.2 Å². The highest BCUT2D eigenvalue weighted by Gasteiger charge is 1.78. The maximum atomic E-state index is 4.60. The van der Waals surface area contributed by atoms with Crippen molar-refractivity contribution in [3.8, 4) is 0 Å². The molecule has 4 heteroatoms. The minimum atomic E-state index is 0.481. The van der Waals surface area contributed by atoms with Gasteiger partial charge < -0.3 is 0 Å². The van der Waals surface area contributed by atoms with Crippen LogP contribution < -0.4 is 0 Å². The van der Waals surface area contributed by atoms with Crippen LogP contribution in [-0.2, 0) is 0 Å². The number of hydrogen-bond donors (Lipinski definition) is 0. The summed E-state index contributed by atoms with van der Waals surface area (Å²) in [6.45, 7) is 0. The number of aromatic nitrogens is 3. The first-order valence-corrected chi connectivity index (χ1v) is 2.10. The first-order chi connectivity index (χ1) is 3.39. The van der Waals surface area contributed by atoms with Gasteiger partial charge in [-0.05, 0) is 0 Å². The van der Waals surface area contributed by atoms with Gasteiger partial charge in [-0.2, -0.15) is 5.10 Å². The van der Waals surface area contributed by atoms with Gasteiger partial charge in [0, 0.05) is 0 Å². The van der Waals surface area contributed by atoms with Gasteiger partial charge in [-0.25, -0.2) is 4.98 Å². The second-order valence-electron chi connectivity index (χ2n) is 0.943. The summed E-state index contributed by atoms with van der Waals surface area (Å²) in [5.41, 5.74) is 0. The van der Waals surface area contributed by atoms with Crippen molar-refractivity contribution in [2.45, 2.75) is 5.03 Å². The Hall–Kier alpha value is -0.770. The van der Waals surface area contributed by atoms with Crippen molar-refractivity contribution in [2.24, 2.45) is 0 Å². The molecule has 0 N–H and O–H groups in total. The van der Waals surface area contributed by atoms with E-state index in [1.807, 2.05) is 0 Å². The van der Waals surface area contributed by atoms with Crippen LogP contribution in [0, 0.1) is 0 Å². The zero-order valence-electron chi connectivity index (χ0n) is 3.40. The Morgan fingerprint density at radius 2 is 2.29 bits per heavy atom. The van der Waals surface area contributed by atoms with Gasteiger partial charge >= 0.3 is 0 Å². The van der Waals surface area contributed by atoms with Crippen molar-refractivity contribution in [3.05, 3.63) is 12.5 Å². The van der Waals surface area contributed by atoms with Crippen LogP contribution in [0.3, 0.4) is 0 Å². The lowest BCUT2D eigenvalue weighted by atomic mass is 10.9. The van der Waals surface area contributed by atoms with E-state index in [9.17, 15) is 0 Å². The molecule has 35 valence electrons. The van der Waals surface area contributed by atoms with Crippen LogP contribution in [0.5, 0.6) is 0 Å². The average molecular weight is 112 g/mol. The summed E-state index contributed by atoms with van der Waals surface area (Å²) in [6.07, 6.45) is 2.75. The van der Waals surface area contributed by atoms with Crippen molar-refractivity contribution in [2.75, 3.05) is 0 Å². The Labute approximate surface area is 46.2 Å². The first kappa shape index (κ1) is 4.39. The second kappa shape index (κ2) is 1.79. The van der Waals surface area contributed by atoms with Gasteiger partial charge in [-0.15, -0.1) is 5.10 Å². The highest BCUT2D eigenvalue weighted by atomic mass is 32.1. The maximum Gasteiger partial charge on any atom is 0.148 e. The Balaban J connectivity index is 3.02. The number of nitrogens with zero attached hydrogens (tertiary/aromatic N) is 3. The highest BCUT2D eigenvalue weighted by Crippen LogP contribution is 1.90. The highest BCUT2D eigenvalue weighted by molar-refractivity contribution is 7.80. The molecule has 3 nitrogen and oxygen atoms in total. The van der Waals surface area contributed by atoms with Crippen LogP contribution in [0.2, 0.25) is 0 Å². The van der Waals surface area contributed by atoms with Gasteiger partial charge in [0.2, 0.25) is 0 Å². The van der Waals surface area contributed by atoms with E-state index in [0.29, 0.717) is 5.03 Å². The molecule has 0 bridgehead atoms. The molecule has 1 rings (SSSR count). The van der Waals surface area contributed by atoms with E-state index in [4.69, 9.17) is 0 Å². The van der Waals surface area contributed by atoms with E-state index in [1.54, 1.807) is 0 Å². The fraction of sp³-hybridized carbons (Fsp3) is 0. The molecule has 0 saturated carbocycles. The normalized spacial score (nSPS) is 8.57.